The highest BCUT2D eigenvalue weighted by molar-refractivity contribution is 6.07. The third-order valence-corrected chi connectivity index (χ3v) is 16.7. The number of anilines is 1. The summed E-state index contributed by atoms with van der Waals surface area (Å²) in [6, 6.07) is 12.2. The Morgan fingerprint density at radius 2 is 1.18 bits per heavy atom. The lowest BCUT2D eigenvalue weighted by Crippen LogP contribution is -2.49. The van der Waals surface area contributed by atoms with Crippen LogP contribution in [0.3, 0.4) is 0 Å². The maximum Gasteiger partial charge on any atom is 0.312 e. The molecule has 0 unspecified atom stereocenters. The summed E-state index contributed by atoms with van der Waals surface area (Å²) >= 11 is 0. The van der Waals surface area contributed by atoms with Crippen molar-refractivity contribution in [1.29, 1.82) is 0 Å². The average Bonchev–Trinajstić information content (AvgIpc) is 1.54. The van der Waals surface area contributed by atoms with Crippen LogP contribution in [0.1, 0.15) is 122 Å². The van der Waals surface area contributed by atoms with E-state index in [1.807, 2.05) is 67.6 Å². The van der Waals surface area contributed by atoms with Crippen LogP contribution in [0.2, 0.25) is 0 Å². The molecular formula is C68H75F3N12O9. The third-order valence-electron chi connectivity index (χ3n) is 16.7. The summed E-state index contributed by atoms with van der Waals surface area (Å²) in [6.45, 7) is 16.3. The number of amides is 4. The van der Waals surface area contributed by atoms with Gasteiger partial charge in [0, 0.05) is 141 Å². The number of carbonyl (C=O) groups is 6. The Bertz CT molecular complexity index is 4150. The fraction of sp³-hybridized carbons (Fsp3) is 0.353. The zero-order valence-electron chi connectivity index (χ0n) is 52.6. The second-order valence-corrected chi connectivity index (χ2v) is 22.1. The Balaban J connectivity index is 0.000000198. The first-order valence-corrected chi connectivity index (χ1v) is 30.9. The van der Waals surface area contributed by atoms with Gasteiger partial charge in [0.15, 0.2) is 23.2 Å². The Labute approximate surface area is 530 Å². The summed E-state index contributed by atoms with van der Waals surface area (Å²) in [7, 11) is 1.46. The maximum absolute atomic E-state index is 16.4. The van der Waals surface area contributed by atoms with Crippen LogP contribution < -0.4 is 9.64 Å². The summed E-state index contributed by atoms with van der Waals surface area (Å²) in [5.74, 6) is -3.56. The summed E-state index contributed by atoms with van der Waals surface area (Å²) in [4.78, 5) is 99.4. The highest BCUT2D eigenvalue weighted by Gasteiger charge is 2.32. The van der Waals surface area contributed by atoms with E-state index in [0.717, 1.165) is 75.7 Å². The molecule has 12 rings (SSSR count). The number of aromatic amines is 2. The fourth-order valence-corrected chi connectivity index (χ4v) is 11.9. The van der Waals surface area contributed by atoms with Crippen LogP contribution in [0.4, 0.5) is 19.0 Å². The van der Waals surface area contributed by atoms with Gasteiger partial charge in [0.05, 0.1) is 42.8 Å². The molecule has 21 nitrogen and oxygen atoms in total. The van der Waals surface area contributed by atoms with Crippen molar-refractivity contribution >= 4 is 74.8 Å². The molecule has 0 radical (unpaired) electrons. The number of piperazine rings is 1. The van der Waals surface area contributed by atoms with Gasteiger partial charge in [0.1, 0.15) is 23.6 Å². The van der Waals surface area contributed by atoms with Crippen LogP contribution in [0, 0.1) is 17.5 Å². The van der Waals surface area contributed by atoms with Crippen molar-refractivity contribution in [3.05, 3.63) is 154 Å². The molecule has 0 spiro atoms. The number of ether oxygens (including phenoxy) is 1. The maximum atomic E-state index is 16.4. The molecule has 6 aromatic heterocycles. The van der Waals surface area contributed by atoms with Crippen molar-refractivity contribution in [3.8, 4) is 28.0 Å². The predicted octanol–water partition coefficient (Wildman–Crippen LogP) is 10.6. The molecule has 1 saturated heterocycles. The van der Waals surface area contributed by atoms with Crippen molar-refractivity contribution in [1.82, 2.24) is 54.3 Å². The number of aryl methyl sites for hydroxylation is 3. The quantitative estimate of drug-likeness (QED) is 0.0550. The molecule has 0 saturated carbocycles. The van der Waals surface area contributed by atoms with Crippen LogP contribution >= 0.6 is 0 Å². The lowest BCUT2D eigenvalue weighted by molar-refractivity contribution is -0.144. The summed E-state index contributed by atoms with van der Waals surface area (Å²) in [6.07, 6.45) is 16.7. The van der Waals surface area contributed by atoms with Crippen molar-refractivity contribution in [2.75, 3.05) is 64.4 Å². The first-order valence-electron chi connectivity index (χ1n) is 30.9. The van der Waals surface area contributed by atoms with E-state index in [4.69, 9.17) is 14.9 Å². The van der Waals surface area contributed by atoms with E-state index < -0.39 is 41.7 Å². The van der Waals surface area contributed by atoms with E-state index in [1.165, 1.54) is 18.1 Å². The van der Waals surface area contributed by atoms with Gasteiger partial charge >= 0.3 is 11.9 Å². The SMILES string of the molecule is CC.CCC(=O)O.CCc1ccncc1-c1cc(C2=CCCN(C(=O)CC(=O)O)C2)c(F)c2[nH]c(C(=O)N3Cc4cnn(CC)c4C3)cc12.CCc1ccncc1-c1cc(C2=CCCN(C=O)C2)c(F)c2[nH]c(C(=O)N3CCN(c4ncc(F)cc4OC)CC3)cc12. The van der Waals surface area contributed by atoms with Crippen molar-refractivity contribution < 1.29 is 56.9 Å². The molecule has 8 aromatic rings. The van der Waals surface area contributed by atoms with Gasteiger partial charge in [-0.1, -0.05) is 46.8 Å². The topological polar surface area (TPSA) is 256 Å². The second-order valence-electron chi connectivity index (χ2n) is 22.1. The largest absolute Gasteiger partial charge is 0.493 e. The van der Waals surface area contributed by atoms with Gasteiger partial charge in [-0.05, 0) is 102 Å². The molecule has 4 amide bonds. The van der Waals surface area contributed by atoms with Crippen molar-refractivity contribution in [3.63, 3.8) is 0 Å². The minimum atomic E-state index is -1.20. The van der Waals surface area contributed by atoms with Crippen LogP contribution in [-0.4, -0.2) is 160 Å². The average molecular weight is 1260 g/mol. The smallest absolute Gasteiger partial charge is 0.312 e. The highest BCUT2D eigenvalue weighted by Crippen LogP contribution is 2.41. The molecule has 4 aliphatic rings. The number of benzene rings is 2. The van der Waals surface area contributed by atoms with Gasteiger partial charge in [0.25, 0.3) is 11.8 Å². The van der Waals surface area contributed by atoms with E-state index in [-0.39, 0.29) is 47.2 Å². The summed E-state index contributed by atoms with van der Waals surface area (Å²) < 4.78 is 53.5. The number of carboxylic acids is 2. The molecule has 10 heterocycles. The summed E-state index contributed by atoms with van der Waals surface area (Å²) in [5.41, 5.74) is 10.3. The molecule has 4 N–H and O–H groups in total. The molecule has 482 valence electrons. The van der Waals surface area contributed by atoms with Gasteiger partial charge in [-0.25, -0.2) is 18.2 Å². The zero-order valence-corrected chi connectivity index (χ0v) is 52.6. The van der Waals surface area contributed by atoms with Gasteiger partial charge in [0.2, 0.25) is 12.3 Å². The second kappa shape index (κ2) is 29.7. The molecule has 1 fully saturated rings. The number of aliphatic carboxylic acids is 2. The van der Waals surface area contributed by atoms with Crippen molar-refractivity contribution in [2.45, 2.75) is 99.7 Å². The molecule has 0 bridgehead atoms. The number of pyridine rings is 3. The third kappa shape index (κ3) is 14.1. The van der Waals surface area contributed by atoms with Gasteiger partial charge < -0.3 is 49.4 Å². The number of hydrogen-bond donors (Lipinski definition) is 4. The first-order chi connectivity index (χ1) is 44.5. The predicted molar refractivity (Wildman–Crippen MR) is 343 cm³/mol. The van der Waals surface area contributed by atoms with Crippen LogP contribution in [0.25, 0.3) is 55.2 Å². The van der Waals surface area contributed by atoms with E-state index in [0.29, 0.717) is 117 Å². The number of nitrogens with one attached hydrogen (secondary N) is 2. The molecule has 4 aliphatic heterocycles. The number of carbonyl (C=O) groups excluding carboxylic acids is 4. The van der Waals surface area contributed by atoms with Crippen LogP contribution in [0.5, 0.6) is 5.75 Å². The molecule has 2 aromatic carbocycles. The molecule has 92 heavy (non-hydrogen) atoms. The van der Waals surface area contributed by atoms with E-state index >= 15 is 8.78 Å². The number of rotatable bonds is 15. The number of fused-ring (bicyclic) bond motifs is 3. The van der Waals surface area contributed by atoms with Gasteiger partial charge in [-0.3, -0.25) is 43.4 Å². The Morgan fingerprint density at radius 3 is 1.71 bits per heavy atom. The number of carboxylic acid groups (broad SMARTS) is 2. The minimum absolute atomic E-state index is 0.0919. The number of hydrogen-bond acceptors (Lipinski definition) is 12. The van der Waals surface area contributed by atoms with Gasteiger partial charge in [-0.15, -0.1) is 0 Å². The zero-order chi connectivity index (χ0) is 65.9. The number of aromatic nitrogens is 7. The standard InChI is InChI=1S/C32H32F2N6O3.C31H31FN6O4.C3H6O2.C2H6/c1-3-20-6-7-35-17-26(20)24-14-23(21-5-4-8-38(18-21)19-41)29(34)30-25(24)15-27(37-30)32(42)40-11-9-39(10-12-40)31-28(43-2)13-22(33)16-36-31;1-3-18-7-8-33-14-24(18)22-10-21(19-6-5-9-36(15-19)27(39)12-28(40)41)29(32)30-23(22)11-25(35-30)31(42)37-16-20-13-34-38(4-2)26(20)17-37;1-2-3(4)5;1-2/h5-7,13-17,19,37H,3-4,8-12,18H2,1-2H3;6-8,10-11,13-14,35H,3-5,9,12,15-17H2,1-2H3,(H,40,41);2H2,1H3,(H,4,5);1-2H3. The monoisotopic (exact) mass is 1260 g/mol. The Hall–Kier alpha value is -10.1. The molecule has 24 heteroatoms. The summed E-state index contributed by atoms with van der Waals surface area (Å²) in [5, 5.41) is 22.3. The highest BCUT2D eigenvalue weighted by atomic mass is 19.1. The minimum Gasteiger partial charge on any atom is -0.493 e. The fourth-order valence-electron chi connectivity index (χ4n) is 11.9. The number of nitrogens with zero attached hydrogens (tertiary/aromatic N) is 10. The number of methoxy groups -OCH3 is 1. The van der Waals surface area contributed by atoms with E-state index in [2.05, 4.69) is 36.9 Å². The number of H-pyrrole nitrogens is 2. The van der Waals surface area contributed by atoms with Gasteiger partial charge in [-0.2, -0.15) is 5.10 Å². The van der Waals surface area contributed by atoms with Crippen LogP contribution in [-0.2, 0) is 51.7 Å². The van der Waals surface area contributed by atoms with E-state index in [9.17, 15) is 33.2 Å². The normalized spacial score (nSPS) is 14.5. The van der Waals surface area contributed by atoms with Crippen LogP contribution in [0.15, 0.2) is 91.8 Å². The Kier molecular flexibility index (Phi) is 21.4. The molecular weight excluding hydrogens is 1190 g/mol. The first kappa shape index (κ1) is 66.3. The van der Waals surface area contributed by atoms with E-state index in [1.54, 1.807) is 70.8 Å². The number of halogens is 3. The molecule has 0 aliphatic carbocycles. The lowest BCUT2D eigenvalue weighted by atomic mass is 9.91. The van der Waals surface area contributed by atoms with Crippen molar-refractivity contribution in [2.24, 2.45) is 0 Å². The Morgan fingerprint density at radius 1 is 0.630 bits per heavy atom. The lowest BCUT2D eigenvalue weighted by Gasteiger charge is -2.35. The molecule has 0 atom stereocenters.